The highest BCUT2D eigenvalue weighted by Crippen LogP contribution is 2.43. The predicted octanol–water partition coefficient (Wildman–Crippen LogP) is 10.2. The zero-order valence-electron chi connectivity index (χ0n) is 43.3. The number of nitrogens with two attached hydrogens (primary N) is 2. The Morgan fingerprint density at radius 1 is 0.613 bits per heavy atom. The Morgan fingerprint density at radius 3 is 1.44 bits per heavy atom. The van der Waals surface area contributed by atoms with Gasteiger partial charge in [0.2, 0.25) is 11.8 Å². The molecule has 4 aromatic heterocycles. The highest BCUT2D eigenvalue weighted by molar-refractivity contribution is 6.06. The maximum atomic E-state index is 15.0. The second-order valence-electron chi connectivity index (χ2n) is 19.2. The number of aromatic amines is 2. The monoisotopic (exact) mass is 1070 g/mol. The molecule has 10 aromatic rings. The number of para-hydroxylation sites is 2. The number of benzene rings is 6. The second kappa shape index (κ2) is 21.6. The minimum absolute atomic E-state index is 0.0961. The number of pyridine rings is 2. The van der Waals surface area contributed by atoms with Gasteiger partial charge in [0.25, 0.3) is 11.1 Å². The molecule has 0 unspecified atom stereocenters. The van der Waals surface area contributed by atoms with Crippen LogP contribution in [0.5, 0.6) is 23.0 Å². The van der Waals surface area contributed by atoms with E-state index in [1.807, 2.05) is 91.8 Å². The summed E-state index contributed by atoms with van der Waals surface area (Å²) in [4.78, 5) is 58.6. The number of carbonyl (C=O) groups is 2. The average molecular weight is 1070 g/mol. The van der Waals surface area contributed by atoms with Gasteiger partial charge in [0.1, 0.15) is 68.1 Å². The van der Waals surface area contributed by atoms with Gasteiger partial charge in [-0.1, -0.05) is 61.2 Å². The summed E-state index contributed by atoms with van der Waals surface area (Å²) in [5.74, 6) is 1.03. The molecule has 8 N–H and O–H groups in total. The number of fused-ring (bicyclic) bond motifs is 10. The number of amides is 2. The van der Waals surface area contributed by atoms with Gasteiger partial charge in [0.05, 0.1) is 22.7 Å². The quantitative estimate of drug-likeness (QED) is 0.0630. The summed E-state index contributed by atoms with van der Waals surface area (Å²) in [7, 11) is 3.78. The fourth-order valence-electron chi connectivity index (χ4n) is 10.1. The number of halogens is 2. The second-order valence-corrected chi connectivity index (χ2v) is 19.2. The number of aromatic nitrogens is 6. The molecule has 4 heterocycles. The molecule has 80 heavy (non-hydrogen) atoms. The summed E-state index contributed by atoms with van der Waals surface area (Å²) in [6.45, 7) is 4.02. The maximum absolute atomic E-state index is 15.0. The Balaban J connectivity index is 0.000000170. The summed E-state index contributed by atoms with van der Waals surface area (Å²) < 4.78 is 44.6. The first-order chi connectivity index (χ1) is 38.7. The van der Waals surface area contributed by atoms with Gasteiger partial charge in [-0.3, -0.25) is 19.2 Å². The van der Waals surface area contributed by atoms with Crippen LogP contribution in [0.2, 0.25) is 0 Å². The molecule has 0 bridgehead atoms. The summed E-state index contributed by atoms with van der Waals surface area (Å²) in [5, 5.41) is 15.3. The zero-order valence-corrected chi connectivity index (χ0v) is 43.3. The average Bonchev–Trinajstić information content (AvgIpc) is 4.19. The fourth-order valence-corrected chi connectivity index (χ4v) is 10.1. The van der Waals surface area contributed by atoms with E-state index in [9.17, 15) is 23.6 Å². The molecule has 2 aliphatic carbocycles. The molecule has 0 fully saturated rings. The molecule has 2 amide bonds. The van der Waals surface area contributed by atoms with Crippen LogP contribution < -0.4 is 42.7 Å². The van der Waals surface area contributed by atoms with Gasteiger partial charge < -0.3 is 46.4 Å². The molecule has 6 aromatic carbocycles. The number of aryl methyl sites for hydroxylation is 2. The van der Waals surface area contributed by atoms with Crippen molar-refractivity contribution in [1.29, 1.82) is 0 Å². The standard InChI is InChI=1S/C32H29FN6O3.C29H22FN5O3/c1-38(2)18-6-9-26(40)36-29-23-15-17-25-27(22(23)14-16-24(29)33)30-28(32(41)35-25)31(34)39(37-30)19-10-12-21(13-11-19)42-20-7-4-3-5-8-20;1-2-23(36)33-26-20-13-15-22-24(19(20)12-14-21(26)30)27-25(29(37)32-22)28(31)35(34-27)16-8-10-18(11-9-16)38-17-6-4-3-5-7-17/h3-14,16H,15,17-18,34H2,1-2H3,(H,35,41)(H,36,40);2-12,14H,1,13,15,31H2,(H,32,37)(H,33,36)/b9-6+;. The number of carbonyl (C=O) groups excluding carboxylic acids is 2. The SMILES string of the molecule is C=CC(=O)Nc1c(F)ccc2c1CCc1[nH]c(=O)c3c(N)n(-c4ccc(Oc5ccccc5)cc4)nc3c1-2.CN(C)C/C=C/C(=O)Nc1c(F)ccc2c1CCc1[nH]c(=O)c3c(N)n(-c4ccc(Oc5ccccc5)cc4)nc3c1-2. The van der Waals surface area contributed by atoms with Gasteiger partial charge in [-0.25, -0.2) is 18.1 Å². The molecule has 0 saturated heterocycles. The topological polar surface area (TPSA) is 233 Å². The Bertz CT molecular complexity index is 4230. The number of nitrogens with one attached hydrogen (secondary N) is 4. The Hall–Kier alpha value is -10.4. The lowest BCUT2D eigenvalue weighted by Gasteiger charge is -2.23. The number of ether oxygens (including phenoxy) is 2. The maximum Gasteiger partial charge on any atom is 0.261 e. The van der Waals surface area contributed by atoms with Crippen LogP contribution in [-0.2, 0) is 35.3 Å². The highest BCUT2D eigenvalue weighted by Gasteiger charge is 2.30. The van der Waals surface area contributed by atoms with Crippen molar-refractivity contribution >= 4 is 56.6 Å². The van der Waals surface area contributed by atoms with E-state index < -0.39 is 23.4 Å². The first kappa shape index (κ1) is 51.7. The minimum atomic E-state index is -0.550. The third-order valence-corrected chi connectivity index (χ3v) is 13.8. The molecule has 0 radical (unpaired) electrons. The zero-order chi connectivity index (χ0) is 55.8. The lowest BCUT2D eigenvalue weighted by Crippen LogP contribution is -2.19. The number of rotatable bonds is 12. The Morgan fingerprint density at radius 2 is 1.02 bits per heavy atom. The molecule has 0 spiro atoms. The van der Waals surface area contributed by atoms with Crippen LogP contribution in [0.1, 0.15) is 22.5 Å². The molecule has 0 saturated carbocycles. The largest absolute Gasteiger partial charge is 0.457 e. The van der Waals surface area contributed by atoms with Crippen LogP contribution in [0.15, 0.2) is 168 Å². The summed E-state index contributed by atoms with van der Waals surface area (Å²) in [6, 6.07) is 39.1. The fraction of sp³-hybridized carbons (Fsp3) is 0.115. The predicted molar refractivity (Wildman–Crippen MR) is 306 cm³/mol. The van der Waals surface area contributed by atoms with Crippen LogP contribution in [-0.4, -0.2) is 66.9 Å². The van der Waals surface area contributed by atoms with E-state index in [0.717, 1.165) is 6.08 Å². The van der Waals surface area contributed by atoms with E-state index in [2.05, 4.69) is 27.2 Å². The van der Waals surface area contributed by atoms with Gasteiger partial charge in [0.15, 0.2) is 0 Å². The number of hydrogen-bond acceptors (Lipinski definition) is 11. The van der Waals surface area contributed by atoms with Crippen molar-refractivity contribution in [3.63, 3.8) is 0 Å². The summed E-state index contributed by atoms with van der Waals surface area (Å²) in [5.41, 5.74) is 19.9. The Kier molecular flexibility index (Phi) is 13.9. The van der Waals surface area contributed by atoms with Crippen molar-refractivity contribution in [3.8, 4) is 56.6 Å². The van der Waals surface area contributed by atoms with Crippen molar-refractivity contribution in [1.82, 2.24) is 34.4 Å². The minimum Gasteiger partial charge on any atom is -0.457 e. The van der Waals surface area contributed by atoms with E-state index in [1.54, 1.807) is 54.6 Å². The first-order valence-electron chi connectivity index (χ1n) is 25.5. The van der Waals surface area contributed by atoms with Crippen LogP contribution in [0.25, 0.3) is 55.4 Å². The van der Waals surface area contributed by atoms with E-state index >= 15 is 4.39 Å². The number of H-pyrrole nitrogens is 2. The highest BCUT2D eigenvalue weighted by atomic mass is 19.1. The van der Waals surface area contributed by atoms with Crippen LogP contribution >= 0.6 is 0 Å². The van der Waals surface area contributed by atoms with Crippen molar-refractivity contribution < 1.29 is 27.8 Å². The molecule has 0 atom stereocenters. The third kappa shape index (κ3) is 9.95. The van der Waals surface area contributed by atoms with E-state index in [1.165, 1.54) is 27.6 Å². The van der Waals surface area contributed by atoms with Crippen LogP contribution in [0.3, 0.4) is 0 Å². The van der Waals surface area contributed by atoms with Gasteiger partial charge in [-0.05, 0) is 153 Å². The lowest BCUT2D eigenvalue weighted by atomic mass is 9.86. The van der Waals surface area contributed by atoms with Crippen LogP contribution in [0, 0.1) is 11.6 Å². The number of likely N-dealkylation sites (N-methyl/N-ethyl adjacent to an activating group) is 1. The molecule has 19 heteroatoms. The number of nitrogens with zero attached hydrogens (tertiary/aromatic N) is 5. The van der Waals surface area contributed by atoms with Gasteiger partial charge in [-0.15, -0.1) is 0 Å². The number of anilines is 4. The molecular formula is C61H51F2N11O6. The van der Waals surface area contributed by atoms with Gasteiger partial charge in [-0.2, -0.15) is 10.2 Å². The first-order valence-corrected chi connectivity index (χ1v) is 25.5. The van der Waals surface area contributed by atoms with Crippen molar-refractivity contribution in [2.45, 2.75) is 25.7 Å². The molecule has 400 valence electrons. The smallest absolute Gasteiger partial charge is 0.261 e. The lowest BCUT2D eigenvalue weighted by molar-refractivity contribution is -0.112. The third-order valence-electron chi connectivity index (χ3n) is 13.8. The van der Waals surface area contributed by atoms with Crippen molar-refractivity contribution in [2.24, 2.45) is 0 Å². The molecule has 17 nitrogen and oxygen atoms in total. The molecule has 0 aliphatic heterocycles. The van der Waals surface area contributed by atoms with E-state index in [-0.39, 0.29) is 44.9 Å². The normalized spacial score (nSPS) is 12.3. The van der Waals surface area contributed by atoms with Crippen molar-refractivity contribution in [2.75, 3.05) is 42.7 Å². The number of nitrogen functional groups attached to an aromatic ring is 2. The summed E-state index contributed by atoms with van der Waals surface area (Å²) in [6.07, 6.45) is 5.92. The number of hydrogen-bond donors (Lipinski definition) is 6. The Labute approximate surface area is 455 Å². The summed E-state index contributed by atoms with van der Waals surface area (Å²) >= 11 is 0. The van der Waals surface area contributed by atoms with Crippen LogP contribution in [0.4, 0.5) is 31.8 Å². The van der Waals surface area contributed by atoms with Crippen molar-refractivity contribution in [3.05, 3.63) is 213 Å². The van der Waals surface area contributed by atoms with Gasteiger partial charge in [0, 0.05) is 35.1 Å². The van der Waals surface area contributed by atoms with E-state index in [0.29, 0.717) is 122 Å². The molecule has 12 rings (SSSR count). The molecular weight excluding hydrogens is 1020 g/mol. The molecule has 2 aliphatic rings. The van der Waals surface area contributed by atoms with E-state index in [4.69, 9.17) is 31.1 Å². The van der Waals surface area contributed by atoms with Gasteiger partial charge >= 0.3 is 0 Å².